The standard InChI is InChI=1S/C26H12N4O2.C19H19N5O3.3C2H6/c31-25-15-12-10-14-22-16(26(32)30-20-8-4-2-6-18(20)28-24(14)30)11-9-13(21(15)22)23-27-17-5-1-3-7-19(17)29(23)25;1-10-4-6-14(11(2)8-10)23-24-17(12(3)25)18(26)20-13-5-7-15-16(9-13)22-19(27)21-15;3*1-2/h1-12H;4-9,25H,1-3H3,(H,20,26)(H2,21,22,27);3*1-2H3/b;17-12+,24-23?;;;. The molecule has 1 amide bonds. The maximum Gasteiger partial charge on any atom is 0.323 e. The van der Waals surface area contributed by atoms with Gasteiger partial charge < -0.3 is 20.4 Å². The summed E-state index contributed by atoms with van der Waals surface area (Å²) in [5.41, 5.74) is 7.79. The summed E-state index contributed by atoms with van der Waals surface area (Å²) in [6.07, 6.45) is 0. The number of hydrogen-bond donors (Lipinski definition) is 4. The number of aromatic nitrogens is 6. The zero-order valence-electron chi connectivity index (χ0n) is 37.7. The van der Waals surface area contributed by atoms with Gasteiger partial charge in [-0.2, -0.15) is 0 Å². The van der Waals surface area contributed by atoms with Gasteiger partial charge in [0.25, 0.3) is 17.0 Å². The molecule has 65 heavy (non-hydrogen) atoms. The summed E-state index contributed by atoms with van der Waals surface area (Å²) >= 11 is 0. The lowest BCUT2D eigenvalue weighted by Crippen LogP contribution is -2.16. The number of nitrogens with zero attached hydrogens (tertiary/aromatic N) is 6. The maximum absolute atomic E-state index is 13.6. The highest BCUT2D eigenvalue weighted by atomic mass is 16.3. The van der Waals surface area contributed by atoms with Crippen molar-refractivity contribution in [3.63, 3.8) is 0 Å². The maximum atomic E-state index is 13.6. The number of carbonyl (C=O) groups excluding carboxylic acids is 1. The minimum absolute atomic E-state index is 0.128. The van der Waals surface area contributed by atoms with E-state index in [0.29, 0.717) is 44.5 Å². The van der Waals surface area contributed by atoms with Crippen LogP contribution < -0.4 is 22.1 Å². The second-order valence-corrected chi connectivity index (χ2v) is 14.4. The molecule has 0 saturated heterocycles. The number of aliphatic hydroxyl groups excluding tert-OH is 1. The number of allylic oxidation sites excluding steroid dienone is 1. The van der Waals surface area contributed by atoms with Crippen LogP contribution >= 0.6 is 0 Å². The van der Waals surface area contributed by atoms with Crippen molar-refractivity contribution in [2.45, 2.75) is 62.3 Å². The molecule has 5 aromatic heterocycles. The van der Waals surface area contributed by atoms with Crippen molar-refractivity contribution in [3.8, 4) is 0 Å². The smallest absolute Gasteiger partial charge is 0.323 e. The third-order valence-electron chi connectivity index (χ3n) is 10.6. The molecule has 0 aliphatic carbocycles. The quantitative estimate of drug-likeness (QED) is 0.0585. The molecule has 0 radical (unpaired) electrons. The predicted octanol–water partition coefficient (Wildman–Crippen LogP) is 11.4. The van der Waals surface area contributed by atoms with E-state index in [4.69, 9.17) is 9.97 Å². The second kappa shape index (κ2) is 18.6. The van der Waals surface area contributed by atoms with Crippen molar-refractivity contribution in [2.75, 3.05) is 5.32 Å². The summed E-state index contributed by atoms with van der Waals surface area (Å²) in [5.74, 6) is -0.863. The van der Waals surface area contributed by atoms with Gasteiger partial charge in [0.15, 0.2) is 5.70 Å². The number of pyridine rings is 2. The number of anilines is 1. The Kier molecular flexibility index (Phi) is 12.8. The van der Waals surface area contributed by atoms with E-state index in [1.165, 1.54) is 6.92 Å². The van der Waals surface area contributed by atoms with E-state index in [0.717, 1.165) is 54.7 Å². The van der Waals surface area contributed by atoms with Gasteiger partial charge in [0.2, 0.25) is 0 Å². The lowest BCUT2D eigenvalue weighted by molar-refractivity contribution is -0.113. The molecule has 0 aliphatic heterocycles. The fourth-order valence-electron chi connectivity index (χ4n) is 7.89. The molecule has 5 heterocycles. The Morgan fingerprint density at radius 1 is 0.631 bits per heavy atom. The molecule has 0 unspecified atom stereocenters. The Morgan fingerprint density at radius 2 is 1.14 bits per heavy atom. The highest BCUT2D eigenvalue weighted by molar-refractivity contribution is 6.27. The first kappa shape index (κ1) is 44.8. The number of fused-ring (bicyclic) bond motifs is 9. The Bertz CT molecular complexity index is 3640. The molecule has 6 aromatic carbocycles. The summed E-state index contributed by atoms with van der Waals surface area (Å²) in [4.78, 5) is 65.7. The van der Waals surface area contributed by atoms with E-state index in [9.17, 15) is 24.3 Å². The molecule has 14 heteroatoms. The summed E-state index contributed by atoms with van der Waals surface area (Å²) in [6, 6.07) is 33.3. The van der Waals surface area contributed by atoms with Crippen LogP contribution in [0.25, 0.3) is 76.7 Å². The van der Waals surface area contributed by atoms with Crippen molar-refractivity contribution in [1.82, 2.24) is 28.7 Å². The third kappa shape index (κ3) is 7.90. The average Bonchev–Trinajstić information content (AvgIpc) is 4.03. The Hall–Kier alpha value is -8.26. The summed E-state index contributed by atoms with van der Waals surface area (Å²) in [5, 5.41) is 24.9. The van der Waals surface area contributed by atoms with Gasteiger partial charge in [-0.1, -0.05) is 83.5 Å². The van der Waals surface area contributed by atoms with Crippen LogP contribution in [0, 0.1) is 13.8 Å². The lowest BCUT2D eigenvalue weighted by Gasteiger charge is -2.12. The largest absolute Gasteiger partial charge is 0.510 e. The van der Waals surface area contributed by atoms with E-state index >= 15 is 0 Å². The number of benzene rings is 6. The number of hydrogen-bond acceptors (Lipinski definition) is 9. The van der Waals surface area contributed by atoms with Crippen LogP contribution in [-0.4, -0.2) is 39.8 Å². The van der Waals surface area contributed by atoms with Crippen LogP contribution in [0.15, 0.2) is 145 Å². The number of carbonyl (C=O) groups is 1. The van der Waals surface area contributed by atoms with Crippen molar-refractivity contribution < 1.29 is 9.90 Å². The molecule has 0 spiro atoms. The van der Waals surface area contributed by atoms with Crippen molar-refractivity contribution in [3.05, 3.63) is 163 Å². The molecule has 0 bridgehead atoms. The second-order valence-electron chi connectivity index (χ2n) is 14.4. The fraction of sp³-hybridized carbons (Fsp3) is 0.176. The number of imidazole rings is 3. The number of amides is 1. The number of H-pyrrole nitrogens is 2. The Labute approximate surface area is 372 Å². The monoisotopic (exact) mass is 867 g/mol. The van der Waals surface area contributed by atoms with Crippen molar-refractivity contribution in [1.29, 1.82) is 0 Å². The molecule has 11 rings (SSSR count). The Morgan fingerprint density at radius 3 is 1.66 bits per heavy atom. The number of aliphatic hydroxyl groups is 1. The number of nitrogens with one attached hydrogen (secondary N) is 3. The minimum Gasteiger partial charge on any atom is -0.510 e. The molecule has 4 N–H and O–H groups in total. The van der Waals surface area contributed by atoms with E-state index in [1.807, 2.05) is 140 Å². The number of aromatic amines is 2. The molecular weight excluding hydrogens is 819 g/mol. The molecule has 0 fully saturated rings. The molecule has 328 valence electrons. The topological polar surface area (TPSA) is 191 Å². The van der Waals surface area contributed by atoms with Crippen molar-refractivity contribution >= 4 is 94.0 Å². The normalized spacial score (nSPS) is 11.6. The molecule has 11 aromatic rings. The van der Waals surface area contributed by atoms with E-state index in [2.05, 4.69) is 25.5 Å². The average molecular weight is 868 g/mol. The molecule has 0 atom stereocenters. The van der Waals surface area contributed by atoms with Crippen LogP contribution in [0.3, 0.4) is 0 Å². The summed E-state index contributed by atoms with van der Waals surface area (Å²) in [7, 11) is 0. The van der Waals surface area contributed by atoms with Crippen LogP contribution in [0.1, 0.15) is 59.6 Å². The number of aryl methyl sites for hydroxylation is 2. The SMILES string of the molecule is C/C(O)=C(\N=Nc1ccc(C)cc1C)C(=O)Nc1ccc2[nH]c(=O)[nH]c2c1.CC.CC.CC.O=c1c2ccc3c4c(ccc(c24)c2nc4ccccc4n12)c(=O)n1c2ccccc2nc31. The van der Waals surface area contributed by atoms with Crippen LogP contribution in [0.5, 0.6) is 0 Å². The van der Waals surface area contributed by atoms with Crippen LogP contribution in [-0.2, 0) is 4.79 Å². The van der Waals surface area contributed by atoms with Gasteiger partial charge in [0.05, 0.1) is 38.8 Å². The zero-order chi connectivity index (χ0) is 46.7. The van der Waals surface area contributed by atoms with Gasteiger partial charge in [-0.25, -0.2) is 14.8 Å². The van der Waals surface area contributed by atoms with E-state index in [-0.39, 0.29) is 28.3 Å². The van der Waals surface area contributed by atoms with Gasteiger partial charge in [-0.15, -0.1) is 10.2 Å². The van der Waals surface area contributed by atoms with Gasteiger partial charge in [-0.3, -0.25) is 23.2 Å². The first-order valence-electron chi connectivity index (χ1n) is 21.6. The number of rotatable bonds is 4. The highest BCUT2D eigenvalue weighted by Gasteiger charge is 2.22. The summed E-state index contributed by atoms with van der Waals surface area (Å²) in [6.45, 7) is 17.2. The zero-order valence-corrected chi connectivity index (χ0v) is 37.7. The van der Waals surface area contributed by atoms with Crippen LogP contribution in [0.2, 0.25) is 0 Å². The first-order chi connectivity index (χ1) is 31.5. The molecule has 0 saturated carbocycles. The third-order valence-corrected chi connectivity index (χ3v) is 10.6. The van der Waals surface area contributed by atoms with Gasteiger partial charge in [0, 0.05) is 38.0 Å². The lowest BCUT2D eigenvalue weighted by atomic mass is 9.96. The van der Waals surface area contributed by atoms with Crippen molar-refractivity contribution in [2.24, 2.45) is 10.2 Å². The van der Waals surface area contributed by atoms with Crippen LogP contribution in [0.4, 0.5) is 11.4 Å². The van der Waals surface area contributed by atoms with E-state index in [1.54, 1.807) is 33.1 Å². The minimum atomic E-state index is -0.610. The summed E-state index contributed by atoms with van der Waals surface area (Å²) < 4.78 is 3.35. The Balaban J connectivity index is 0.000000177. The molecular formula is C51H49N9O5. The van der Waals surface area contributed by atoms with Gasteiger partial charge >= 0.3 is 5.69 Å². The predicted molar refractivity (Wildman–Crippen MR) is 264 cm³/mol. The van der Waals surface area contributed by atoms with E-state index < -0.39 is 5.91 Å². The highest BCUT2D eigenvalue weighted by Crippen LogP contribution is 2.36. The molecule has 14 nitrogen and oxygen atoms in total. The number of azo groups is 1. The number of para-hydroxylation sites is 4. The first-order valence-corrected chi connectivity index (χ1v) is 21.6. The van der Waals surface area contributed by atoms with Gasteiger partial charge in [-0.05, 0) is 99.1 Å². The molecule has 0 aliphatic rings. The van der Waals surface area contributed by atoms with Gasteiger partial charge in [0.1, 0.15) is 17.1 Å². The fourth-order valence-corrected chi connectivity index (χ4v) is 7.89.